The number of nitrogens with one attached hydrogen (secondary N) is 1. The zero-order valence-electron chi connectivity index (χ0n) is 15.7. The summed E-state index contributed by atoms with van der Waals surface area (Å²) in [5, 5.41) is 31.8. The predicted molar refractivity (Wildman–Crippen MR) is 116 cm³/mol. The van der Waals surface area contributed by atoms with Crippen LogP contribution in [0.1, 0.15) is 20.8 Å². The maximum Gasteiger partial charge on any atom is 0.257 e. The van der Waals surface area contributed by atoms with Gasteiger partial charge < -0.3 is 15.3 Å². The molecule has 0 aliphatic heterocycles. The number of phenols is 3. The first-order valence-electron chi connectivity index (χ1n) is 9.16. The second kappa shape index (κ2) is 8.26. The van der Waals surface area contributed by atoms with E-state index in [-0.39, 0.29) is 22.8 Å². The second-order valence-electron chi connectivity index (χ2n) is 6.66. The SMILES string of the molecule is O=C(Nc1nc(-c2ccc(O)cc2)c(Cc2ccccc2)s1)c1ccc(O)c(O)c1. The Balaban J connectivity index is 1.66. The average molecular weight is 418 g/mol. The number of aromatic hydroxyl groups is 3. The molecule has 0 aliphatic carbocycles. The molecule has 4 N–H and O–H groups in total. The number of phenolic OH excluding ortho intramolecular Hbond substituents is 3. The van der Waals surface area contributed by atoms with Crippen molar-refractivity contribution in [3.05, 3.63) is 88.8 Å². The molecule has 0 spiro atoms. The van der Waals surface area contributed by atoms with Crippen LogP contribution in [0.15, 0.2) is 72.8 Å². The summed E-state index contributed by atoms with van der Waals surface area (Å²) >= 11 is 1.37. The van der Waals surface area contributed by atoms with Crippen LogP contribution in [0.25, 0.3) is 11.3 Å². The summed E-state index contributed by atoms with van der Waals surface area (Å²) < 4.78 is 0. The van der Waals surface area contributed by atoms with Crippen molar-refractivity contribution in [3.8, 4) is 28.5 Å². The Hall–Kier alpha value is -3.84. The van der Waals surface area contributed by atoms with Gasteiger partial charge in [0.05, 0.1) is 5.69 Å². The molecule has 0 radical (unpaired) electrons. The van der Waals surface area contributed by atoms with Crippen LogP contribution in [0, 0.1) is 0 Å². The van der Waals surface area contributed by atoms with Gasteiger partial charge in [-0.2, -0.15) is 0 Å². The molecule has 3 aromatic carbocycles. The Morgan fingerprint density at radius 2 is 1.63 bits per heavy atom. The van der Waals surface area contributed by atoms with E-state index in [1.807, 2.05) is 30.3 Å². The summed E-state index contributed by atoms with van der Waals surface area (Å²) in [6.07, 6.45) is 0.643. The van der Waals surface area contributed by atoms with Crippen LogP contribution in [0.2, 0.25) is 0 Å². The van der Waals surface area contributed by atoms with Crippen LogP contribution >= 0.6 is 11.3 Å². The molecule has 0 bridgehead atoms. The molecule has 0 atom stereocenters. The van der Waals surface area contributed by atoms with Gasteiger partial charge in [0.1, 0.15) is 5.75 Å². The normalized spacial score (nSPS) is 10.7. The van der Waals surface area contributed by atoms with Crippen molar-refractivity contribution in [2.75, 3.05) is 5.32 Å². The Morgan fingerprint density at radius 1 is 0.900 bits per heavy atom. The summed E-state index contributed by atoms with van der Waals surface area (Å²) in [5.41, 5.74) is 2.88. The maximum atomic E-state index is 12.6. The van der Waals surface area contributed by atoms with Gasteiger partial charge in [-0.1, -0.05) is 30.3 Å². The first-order chi connectivity index (χ1) is 14.5. The largest absolute Gasteiger partial charge is 0.508 e. The number of anilines is 1. The highest BCUT2D eigenvalue weighted by molar-refractivity contribution is 7.16. The zero-order chi connectivity index (χ0) is 21.1. The van der Waals surface area contributed by atoms with Gasteiger partial charge >= 0.3 is 0 Å². The molecule has 4 rings (SSSR count). The lowest BCUT2D eigenvalue weighted by atomic mass is 10.1. The van der Waals surface area contributed by atoms with Crippen molar-refractivity contribution >= 4 is 22.4 Å². The molecule has 0 fully saturated rings. The second-order valence-corrected chi connectivity index (χ2v) is 7.74. The number of aromatic nitrogens is 1. The maximum absolute atomic E-state index is 12.6. The highest BCUT2D eigenvalue weighted by Gasteiger charge is 2.17. The number of benzene rings is 3. The van der Waals surface area contributed by atoms with E-state index in [0.717, 1.165) is 21.7 Å². The zero-order valence-corrected chi connectivity index (χ0v) is 16.6. The predicted octanol–water partition coefficient (Wildman–Crippen LogP) is 4.77. The molecule has 1 aromatic heterocycles. The molecular formula is C23H18N2O4S. The number of hydrogen-bond acceptors (Lipinski definition) is 6. The van der Waals surface area contributed by atoms with E-state index in [9.17, 15) is 20.1 Å². The molecule has 0 saturated heterocycles. The van der Waals surface area contributed by atoms with Crippen LogP contribution in [0.5, 0.6) is 17.2 Å². The molecular weight excluding hydrogens is 400 g/mol. The molecule has 0 saturated carbocycles. The Kier molecular flexibility index (Phi) is 5.36. The first-order valence-corrected chi connectivity index (χ1v) is 9.97. The fourth-order valence-electron chi connectivity index (χ4n) is 2.99. The fourth-order valence-corrected chi connectivity index (χ4v) is 4.00. The minimum atomic E-state index is -0.442. The third-order valence-corrected chi connectivity index (χ3v) is 5.47. The lowest BCUT2D eigenvalue weighted by molar-refractivity contribution is 0.102. The molecule has 150 valence electrons. The molecule has 4 aromatic rings. The van der Waals surface area contributed by atoms with Crippen molar-refractivity contribution in [1.29, 1.82) is 0 Å². The standard InChI is InChI=1S/C23H18N2O4S/c26-17-9-6-15(7-10-17)21-20(12-14-4-2-1-3-5-14)30-23(24-21)25-22(29)16-8-11-18(27)19(28)13-16/h1-11,13,26-28H,12H2,(H,24,25,29). The highest BCUT2D eigenvalue weighted by Crippen LogP contribution is 2.34. The van der Waals surface area contributed by atoms with Crippen LogP contribution < -0.4 is 5.32 Å². The number of carbonyl (C=O) groups is 1. The number of carbonyl (C=O) groups excluding carboxylic acids is 1. The van der Waals surface area contributed by atoms with E-state index in [1.54, 1.807) is 24.3 Å². The molecule has 6 nitrogen and oxygen atoms in total. The number of rotatable bonds is 5. The summed E-state index contributed by atoms with van der Waals surface area (Å²) in [7, 11) is 0. The molecule has 7 heteroatoms. The van der Waals surface area contributed by atoms with Crippen molar-refractivity contribution in [3.63, 3.8) is 0 Å². The Bertz CT molecular complexity index is 1190. The number of thiazole rings is 1. The summed E-state index contributed by atoms with van der Waals surface area (Å²) in [5.74, 6) is -0.932. The van der Waals surface area contributed by atoms with Crippen molar-refractivity contribution in [2.24, 2.45) is 0 Å². The summed E-state index contributed by atoms with van der Waals surface area (Å²) in [6, 6.07) is 20.6. The third kappa shape index (κ3) is 4.26. The van der Waals surface area contributed by atoms with Gasteiger partial charge in [0, 0.05) is 22.4 Å². The van der Waals surface area contributed by atoms with Gasteiger partial charge in [-0.15, -0.1) is 11.3 Å². The van der Waals surface area contributed by atoms with Crippen molar-refractivity contribution in [2.45, 2.75) is 6.42 Å². The molecule has 0 unspecified atom stereocenters. The van der Waals surface area contributed by atoms with E-state index >= 15 is 0 Å². The topological polar surface area (TPSA) is 103 Å². The molecule has 1 amide bonds. The van der Waals surface area contributed by atoms with Gasteiger partial charge in [0.2, 0.25) is 0 Å². The quantitative estimate of drug-likeness (QED) is 0.350. The summed E-state index contributed by atoms with van der Waals surface area (Å²) in [4.78, 5) is 18.1. The Labute approximate surface area is 176 Å². The van der Waals surface area contributed by atoms with Gasteiger partial charge in [0.25, 0.3) is 5.91 Å². The van der Waals surface area contributed by atoms with E-state index < -0.39 is 5.91 Å². The van der Waals surface area contributed by atoms with Crippen LogP contribution in [0.4, 0.5) is 5.13 Å². The highest BCUT2D eigenvalue weighted by atomic mass is 32.1. The number of nitrogens with zero attached hydrogens (tertiary/aromatic N) is 1. The number of amides is 1. The third-order valence-electron chi connectivity index (χ3n) is 4.50. The first kappa shape index (κ1) is 19.5. The van der Waals surface area contributed by atoms with Gasteiger partial charge in [-0.25, -0.2) is 4.98 Å². The monoisotopic (exact) mass is 418 g/mol. The van der Waals surface area contributed by atoms with E-state index in [1.165, 1.54) is 29.5 Å². The van der Waals surface area contributed by atoms with Gasteiger partial charge in [-0.05, 0) is 48.0 Å². The number of hydrogen-bond donors (Lipinski definition) is 4. The smallest absolute Gasteiger partial charge is 0.257 e. The van der Waals surface area contributed by atoms with Crippen LogP contribution in [-0.4, -0.2) is 26.2 Å². The average Bonchev–Trinajstić information content (AvgIpc) is 3.13. The minimum Gasteiger partial charge on any atom is -0.508 e. The van der Waals surface area contributed by atoms with Crippen molar-refractivity contribution in [1.82, 2.24) is 4.98 Å². The molecule has 30 heavy (non-hydrogen) atoms. The lowest BCUT2D eigenvalue weighted by Crippen LogP contribution is -2.11. The van der Waals surface area contributed by atoms with E-state index in [0.29, 0.717) is 11.6 Å². The van der Waals surface area contributed by atoms with Crippen LogP contribution in [0.3, 0.4) is 0 Å². The van der Waals surface area contributed by atoms with E-state index in [2.05, 4.69) is 10.3 Å². The van der Waals surface area contributed by atoms with Crippen molar-refractivity contribution < 1.29 is 20.1 Å². The lowest BCUT2D eigenvalue weighted by Gasteiger charge is -2.03. The van der Waals surface area contributed by atoms with Gasteiger partial charge in [-0.3, -0.25) is 10.1 Å². The molecule has 1 heterocycles. The summed E-state index contributed by atoms with van der Waals surface area (Å²) in [6.45, 7) is 0. The van der Waals surface area contributed by atoms with Gasteiger partial charge in [0.15, 0.2) is 16.6 Å². The minimum absolute atomic E-state index is 0.166. The van der Waals surface area contributed by atoms with E-state index in [4.69, 9.17) is 0 Å². The Morgan fingerprint density at radius 3 is 2.33 bits per heavy atom. The fraction of sp³-hybridized carbons (Fsp3) is 0.0435. The molecule has 0 aliphatic rings. The van der Waals surface area contributed by atoms with Crippen LogP contribution in [-0.2, 0) is 6.42 Å².